The van der Waals surface area contributed by atoms with Crippen molar-refractivity contribution in [2.24, 2.45) is 10.9 Å². The lowest BCUT2D eigenvalue weighted by Gasteiger charge is -2.25. The molecular formula is C19H31IN4O2S2. The summed E-state index contributed by atoms with van der Waals surface area (Å²) in [5.41, 5.74) is 0. The fourth-order valence-corrected chi connectivity index (χ4v) is 5.22. The van der Waals surface area contributed by atoms with Crippen molar-refractivity contribution in [3.05, 3.63) is 30.3 Å². The average Bonchev–Trinajstić information content (AvgIpc) is 3.37. The van der Waals surface area contributed by atoms with Gasteiger partial charge in [0.1, 0.15) is 0 Å². The molecule has 0 spiro atoms. The molecule has 0 aromatic heterocycles. The van der Waals surface area contributed by atoms with Crippen molar-refractivity contribution >= 4 is 51.7 Å². The Bertz CT molecular complexity index is 736. The van der Waals surface area contributed by atoms with E-state index in [1.165, 1.54) is 24.2 Å². The minimum absolute atomic E-state index is 0. The molecule has 0 amide bonds. The van der Waals surface area contributed by atoms with Crippen LogP contribution < -0.4 is 15.4 Å². The fourth-order valence-electron chi connectivity index (χ4n) is 2.98. The van der Waals surface area contributed by atoms with E-state index in [0.717, 1.165) is 19.4 Å². The van der Waals surface area contributed by atoms with Crippen LogP contribution in [0.25, 0.3) is 0 Å². The lowest BCUT2D eigenvalue weighted by molar-refractivity contribution is 0.316. The Morgan fingerprint density at radius 2 is 1.93 bits per heavy atom. The van der Waals surface area contributed by atoms with Crippen molar-refractivity contribution in [3.63, 3.8) is 0 Å². The normalized spacial score (nSPS) is 18.7. The zero-order valence-corrected chi connectivity index (χ0v) is 20.3. The molecule has 1 aromatic rings. The number of thioether (sulfide) groups is 1. The number of nitrogens with zero attached hydrogens (tertiary/aromatic N) is 1. The van der Waals surface area contributed by atoms with Gasteiger partial charge in [-0.2, -0.15) is 0 Å². The number of hydrogen-bond acceptors (Lipinski definition) is 4. The topological polar surface area (TPSA) is 82.6 Å². The highest BCUT2D eigenvalue weighted by atomic mass is 127. The van der Waals surface area contributed by atoms with Gasteiger partial charge in [-0.3, -0.25) is 4.99 Å². The maximum Gasteiger partial charge on any atom is 0.213 e. The molecule has 158 valence electrons. The first-order valence-electron chi connectivity index (χ1n) is 9.66. The van der Waals surface area contributed by atoms with E-state index in [1.807, 2.05) is 17.8 Å². The smallest absolute Gasteiger partial charge is 0.213 e. The summed E-state index contributed by atoms with van der Waals surface area (Å²) in [5, 5.41) is 6.47. The molecule has 1 aromatic carbocycles. The summed E-state index contributed by atoms with van der Waals surface area (Å²) >= 11 is 1.90. The second-order valence-corrected chi connectivity index (χ2v) is 10.9. The van der Waals surface area contributed by atoms with Crippen LogP contribution in [-0.2, 0) is 10.0 Å². The average molecular weight is 539 g/mol. The maximum atomic E-state index is 12.1. The lowest BCUT2D eigenvalue weighted by Crippen LogP contribution is -2.44. The van der Waals surface area contributed by atoms with Gasteiger partial charge >= 0.3 is 0 Å². The van der Waals surface area contributed by atoms with Crippen LogP contribution in [0.2, 0.25) is 0 Å². The zero-order valence-electron chi connectivity index (χ0n) is 16.3. The number of hydrogen-bond donors (Lipinski definition) is 3. The van der Waals surface area contributed by atoms with Crippen molar-refractivity contribution in [3.8, 4) is 0 Å². The highest BCUT2D eigenvalue weighted by molar-refractivity contribution is 14.0. The molecule has 0 unspecified atom stereocenters. The van der Waals surface area contributed by atoms with Gasteiger partial charge in [0.25, 0.3) is 0 Å². The van der Waals surface area contributed by atoms with Crippen molar-refractivity contribution in [2.45, 2.75) is 41.7 Å². The van der Waals surface area contributed by atoms with Gasteiger partial charge in [-0.1, -0.05) is 24.6 Å². The number of sulfonamides is 1. The molecule has 3 rings (SSSR count). The van der Waals surface area contributed by atoms with E-state index in [1.54, 1.807) is 7.05 Å². The van der Waals surface area contributed by atoms with E-state index in [0.29, 0.717) is 25.0 Å². The van der Waals surface area contributed by atoms with Gasteiger partial charge in [0.15, 0.2) is 5.96 Å². The van der Waals surface area contributed by atoms with Crippen LogP contribution in [0.3, 0.4) is 0 Å². The second-order valence-electron chi connectivity index (χ2n) is 7.41. The summed E-state index contributed by atoms with van der Waals surface area (Å²) in [4.78, 5) is 5.49. The lowest BCUT2D eigenvalue weighted by atomic mass is 9.86. The quantitative estimate of drug-likeness (QED) is 0.243. The highest BCUT2D eigenvalue weighted by Gasteiger charge is 2.43. The molecule has 0 saturated heterocycles. The van der Waals surface area contributed by atoms with Crippen LogP contribution in [0, 0.1) is 5.92 Å². The third-order valence-electron chi connectivity index (χ3n) is 5.17. The molecule has 2 saturated carbocycles. The molecule has 6 nitrogen and oxygen atoms in total. The first-order chi connectivity index (χ1) is 13.0. The highest BCUT2D eigenvalue weighted by Crippen LogP contribution is 2.51. The molecule has 0 atom stereocenters. The summed E-state index contributed by atoms with van der Waals surface area (Å²) in [6, 6.07) is 10.4. The summed E-state index contributed by atoms with van der Waals surface area (Å²) in [7, 11) is -1.52. The molecule has 9 heteroatoms. The standard InChI is InChI=1S/C19H30N4O2S2.HI/c1-20-18(21-12-13-27(24,25)23-14-16-6-5-7-16)22-15-19(10-11-19)26-17-8-3-2-4-9-17;/h2-4,8-9,16,23H,5-7,10-15H2,1H3,(H2,20,21,22);1H. The largest absolute Gasteiger partial charge is 0.355 e. The first-order valence-corrected chi connectivity index (χ1v) is 12.1. The van der Waals surface area contributed by atoms with E-state index in [9.17, 15) is 8.42 Å². The van der Waals surface area contributed by atoms with E-state index >= 15 is 0 Å². The molecule has 0 heterocycles. The Labute approximate surface area is 190 Å². The number of nitrogens with one attached hydrogen (secondary N) is 3. The Balaban J connectivity index is 0.00000280. The number of rotatable bonds is 10. The van der Waals surface area contributed by atoms with Gasteiger partial charge in [0.05, 0.1) is 5.75 Å². The van der Waals surface area contributed by atoms with Crippen LogP contribution in [0.1, 0.15) is 32.1 Å². The molecule has 0 radical (unpaired) electrons. The van der Waals surface area contributed by atoms with E-state index in [2.05, 4.69) is 44.6 Å². The minimum Gasteiger partial charge on any atom is -0.355 e. The van der Waals surface area contributed by atoms with Gasteiger partial charge in [-0.25, -0.2) is 13.1 Å². The van der Waals surface area contributed by atoms with Gasteiger partial charge in [0, 0.05) is 36.3 Å². The van der Waals surface area contributed by atoms with Crippen LogP contribution in [0.5, 0.6) is 0 Å². The zero-order chi connectivity index (χ0) is 19.2. The van der Waals surface area contributed by atoms with Crippen molar-refractivity contribution < 1.29 is 8.42 Å². The Morgan fingerprint density at radius 1 is 1.21 bits per heavy atom. The predicted molar refractivity (Wildman–Crippen MR) is 128 cm³/mol. The molecule has 2 aliphatic carbocycles. The van der Waals surface area contributed by atoms with Crippen molar-refractivity contribution in [2.75, 3.05) is 32.4 Å². The Morgan fingerprint density at radius 3 is 2.50 bits per heavy atom. The van der Waals surface area contributed by atoms with Gasteiger partial charge in [-0.15, -0.1) is 35.7 Å². The fraction of sp³-hybridized carbons (Fsp3) is 0.632. The second kappa shape index (κ2) is 11.0. The molecule has 2 aliphatic rings. The summed E-state index contributed by atoms with van der Waals surface area (Å²) in [6.45, 7) is 1.74. The number of halogens is 1. The maximum absolute atomic E-state index is 12.1. The third kappa shape index (κ3) is 7.72. The summed E-state index contributed by atoms with van der Waals surface area (Å²) in [5.74, 6) is 1.24. The minimum atomic E-state index is -3.23. The third-order valence-corrected chi connectivity index (χ3v) is 8.01. The number of benzene rings is 1. The van der Waals surface area contributed by atoms with Gasteiger partial charge in [-0.05, 0) is 43.7 Å². The van der Waals surface area contributed by atoms with Crippen LogP contribution in [0.15, 0.2) is 40.2 Å². The monoisotopic (exact) mass is 538 g/mol. The van der Waals surface area contributed by atoms with E-state index in [-0.39, 0.29) is 34.5 Å². The van der Waals surface area contributed by atoms with Gasteiger partial charge in [0.2, 0.25) is 10.0 Å². The predicted octanol–water partition coefficient (Wildman–Crippen LogP) is 2.81. The molecular weight excluding hydrogens is 507 g/mol. The molecule has 0 bridgehead atoms. The van der Waals surface area contributed by atoms with Crippen LogP contribution in [-0.4, -0.2) is 51.6 Å². The Kier molecular flexibility index (Phi) is 9.36. The Hall–Kier alpha value is -0.520. The van der Waals surface area contributed by atoms with E-state index < -0.39 is 10.0 Å². The molecule has 3 N–H and O–H groups in total. The van der Waals surface area contributed by atoms with Crippen molar-refractivity contribution in [1.29, 1.82) is 0 Å². The SMILES string of the molecule is CN=C(NCCS(=O)(=O)NCC1CCC1)NCC1(Sc2ccccc2)CC1.I. The molecule has 28 heavy (non-hydrogen) atoms. The van der Waals surface area contributed by atoms with Crippen LogP contribution in [0.4, 0.5) is 0 Å². The first kappa shape index (κ1) is 23.8. The van der Waals surface area contributed by atoms with E-state index in [4.69, 9.17) is 0 Å². The summed E-state index contributed by atoms with van der Waals surface area (Å²) in [6.07, 6.45) is 5.85. The van der Waals surface area contributed by atoms with Gasteiger partial charge < -0.3 is 10.6 Å². The molecule has 2 fully saturated rings. The van der Waals surface area contributed by atoms with Crippen LogP contribution >= 0.6 is 35.7 Å². The summed E-state index contributed by atoms with van der Waals surface area (Å²) < 4.78 is 27.1. The number of guanidine groups is 1. The number of aliphatic imine (C=N–C) groups is 1. The van der Waals surface area contributed by atoms with Crippen molar-refractivity contribution in [1.82, 2.24) is 15.4 Å². The molecule has 0 aliphatic heterocycles.